The monoisotopic (exact) mass is 332 g/mol. The molecule has 1 atom stereocenters. The van der Waals surface area contributed by atoms with Crippen molar-refractivity contribution >= 4 is 32.6 Å². The van der Waals surface area contributed by atoms with Gasteiger partial charge in [0.1, 0.15) is 0 Å². The third kappa shape index (κ3) is 5.75. The zero-order valence-corrected chi connectivity index (χ0v) is 12.4. The molecule has 0 radical (unpaired) electrons. The van der Waals surface area contributed by atoms with Crippen molar-refractivity contribution in [2.24, 2.45) is 5.73 Å². The van der Waals surface area contributed by atoms with E-state index in [2.05, 4.69) is 21.2 Å². The van der Waals surface area contributed by atoms with E-state index in [1.165, 1.54) is 0 Å². The number of carbonyl (C=O) groups excluding carboxylic acids is 1. The Labute approximate surface area is 118 Å². The van der Waals surface area contributed by atoms with Crippen LogP contribution in [0.5, 0.6) is 0 Å². The maximum absolute atomic E-state index is 11.9. The van der Waals surface area contributed by atoms with Crippen LogP contribution < -0.4 is 11.1 Å². The minimum Gasteiger partial charge on any atom is -0.355 e. The molecule has 0 aliphatic heterocycles. The zero-order chi connectivity index (χ0) is 13.4. The summed E-state index contributed by atoms with van der Waals surface area (Å²) in [6.07, 6.45) is 1.00. The van der Waals surface area contributed by atoms with Crippen LogP contribution in [0.2, 0.25) is 0 Å². The highest BCUT2D eigenvalue weighted by molar-refractivity contribution is 9.10. The minimum atomic E-state index is -1.04. The van der Waals surface area contributed by atoms with E-state index in [0.717, 1.165) is 9.37 Å². The number of benzene rings is 1. The Hall–Kier alpha value is -0.720. The van der Waals surface area contributed by atoms with Gasteiger partial charge in [-0.15, -0.1) is 0 Å². The lowest BCUT2D eigenvalue weighted by Gasteiger charge is -2.04. The summed E-state index contributed by atoms with van der Waals surface area (Å²) < 4.78 is 12.9. The number of hydrogen-bond acceptors (Lipinski definition) is 3. The van der Waals surface area contributed by atoms with Crippen molar-refractivity contribution < 1.29 is 9.00 Å². The summed E-state index contributed by atoms with van der Waals surface area (Å²) in [5, 5.41) is 2.68. The summed E-state index contributed by atoms with van der Waals surface area (Å²) in [4.78, 5) is 12.1. The molecule has 0 saturated carbocycles. The highest BCUT2D eigenvalue weighted by Gasteiger charge is 2.05. The number of rotatable bonds is 7. The van der Waals surface area contributed by atoms with Crippen molar-refractivity contribution in [3.63, 3.8) is 0 Å². The average Bonchev–Trinajstić information content (AvgIpc) is 2.37. The van der Waals surface area contributed by atoms with Crippen LogP contribution in [0.4, 0.5) is 0 Å². The summed E-state index contributed by atoms with van der Waals surface area (Å²) in [6.45, 7) is 0.936. The largest absolute Gasteiger partial charge is 0.355 e. The van der Waals surface area contributed by atoms with Crippen LogP contribution in [0, 0.1) is 0 Å². The molecule has 0 spiro atoms. The van der Waals surface area contributed by atoms with Crippen LogP contribution in [0.15, 0.2) is 33.6 Å². The molecular formula is C12H17BrN2O2S. The predicted molar refractivity (Wildman–Crippen MR) is 76.7 cm³/mol. The summed E-state index contributed by atoms with van der Waals surface area (Å²) in [7, 11) is -1.04. The minimum absolute atomic E-state index is 0.0340. The molecule has 4 nitrogen and oxygen atoms in total. The van der Waals surface area contributed by atoms with Gasteiger partial charge >= 0.3 is 0 Å². The van der Waals surface area contributed by atoms with Gasteiger partial charge in [-0.2, -0.15) is 0 Å². The van der Waals surface area contributed by atoms with Crippen molar-refractivity contribution in [1.82, 2.24) is 5.32 Å². The first-order valence-electron chi connectivity index (χ1n) is 5.74. The van der Waals surface area contributed by atoms with Gasteiger partial charge in [-0.3, -0.25) is 9.00 Å². The number of hydrogen-bond donors (Lipinski definition) is 2. The number of nitrogens with one attached hydrogen (secondary N) is 1. The Morgan fingerprint density at radius 2 is 2.00 bits per heavy atom. The van der Waals surface area contributed by atoms with Gasteiger partial charge in [0.05, 0.1) is 10.8 Å². The van der Waals surface area contributed by atoms with Gasteiger partial charge in [0.15, 0.2) is 0 Å². The maximum Gasteiger partial charge on any atom is 0.220 e. The summed E-state index contributed by atoms with van der Waals surface area (Å²) in [6, 6.07) is 7.38. The van der Waals surface area contributed by atoms with Gasteiger partial charge in [-0.25, -0.2) is 0 Å². The van der Waals surface area contributed by atoms with E-state index in [1.807, 2.05) is 24.3 Å². The summed E-state index contributed by atoms with van der Waals surface area (Å²) >= 11 is 3.33. The van der Waals surface area contributed by atoms with Gasteiger partial charge in [-0.1, -0.05) is 15.9 Å². The second-order valence-corrected chi connectivity index (χ2v) is 6.23. The third-order valence-electron chi connectivity index (χ3n) is 2.28. The molecule has 1 rings (SSSR count). The molecule has 0 aliphatic carbocycles. The molecule has 1 aromatic carbocycles. The molecule has 3 N–H and O–H groups in total. The molecule has 100 valence electrons. The van der Waals surface area contributed by atoms with Crippen LogP contribution >= 0.6 is 15.9 Å². The van der Waals surface area contributed by atoms with E-state index >= 15 is 0 Å². The van der Waals surface area contributed by atoms with Crippen molar-refractivity contribution in [2.45, 2.75) is 17.7 Å². The fraction of sp³-hybridized carbons (Fsp3) is 0.417. The van der Waals surface area contributed by atoms with Gasteiger partial charge in [0.2, 0.25) is 5.91 Å². The maximum atomic E-state index is 11.9. The normalized spacial score (nSPS) is 12.1. The number of nitrogens with two attached hydrogens (primary N) is 1. The van der Waals surface area contributed by atoms with Crippen LogP contribution in [0.3, 0.4) is 0 Å². The van der Waals surface area contributed by atoms with E-state index in [0.29, 0.717) is 31.7 Å². The van der Waals surface area contributed by atoms with Crippen LogP contribution in [0.1, 0.15) is 12.8 Å². The molecule has 0 aromatic heterocycles. The topological polar surface area (TPSA) is 72.2 Å². The Balaban J connectivity index is 2.29. The van der Waals surface area contributed by atoms with E-state index in [-0.39, 0.29) is 5.91 Å². The molecule has 0 heterocycles. The van der Waals surface area contributed by atoms with Crippen LogP contribution in [0.25, 0.3) is 0 Å². The van der Waals surface area contributed by atoms with E-state index < -0.39 is 10.8 Å². The van der Waals surface area contributed by atoms with Crippen LogP contribution in [-0.4, -0.2) is 29.0 Å². The van der Waals surface area contributed by atoms with E-state index in [4.69, 9.17) is 5.73 Å². The number of amides is 1. The first kappa shape index (κ1) is 15.3. The lowest BCUT2D eigenvalue weighted by Crippen LogP contribution is -2.28. The van der Waals surface area contributed by atoms with E-state index in [1.54, 1.807) is 0 Å². The second kappa shape index (κ2) is 8.39. The molecule has 0 fully saturated rings. The highest BCUT2D eigenvalue weighted by Crippen LogP contribution is 2.14. The Kier molecular flexibility index (Phi) is 7.15. The third-order valence-corrected chi connectivity index (χ3v) is 4.26. The molecular weight excluding hydrogens is 316 g/mol. The van der Waals surface area contributed by atoms with Gasteiger partial charge < -0.3 is 11.1 Å². The molecule has 0 aliphatic rings. The quantitative estimate of drug-likeness (QED) is 0.793. The SMILES string of the molecule is NCCNC(=O)CCCS(=O)c1ccc(Br)cc1. The predicted octanol–water partition coefficient (Wildman–Crippen LogP) is 1.41. The van der Waals surface area contributed by atoms with Gasteiger partial charge in [0.25, 0.3) is 0 Å². The smallest absolute Gasteiger partial charge is 0.220 e. The zero-order valence-electron chi connectivity index (χ0n) is 10.0. The van der Waals surface area contributed by atoms with Gasteiger partial charge in [0, 0.05) is 34.6 Å². The lowest BCUT2D eigenvalue weighted by molar-refractivity contribution is -0.121. The molecule has 1 unspecified atom stereocenters. The molecule has 0 bridgehead atoms. The van der Waals surface area contributed by atoms with Crippen molar-refractivity contribution in [2.75, 3.05) is 18.8 Å². The molecule has 6 heteroatoms. The average molecular weight is 333 g/mol. The lowest BCUT2D eigenvalue weighted by atomic mass is 10.3. The molecule has 0 saturated heterocycles. The van der Waals surface area contributed by atoms with Crippen molar-refractivity contribution in [3.05, 3.63) is 28.7 Å². The Bertz CT molecular complexity index is 409. The first-order chi connectivity index (χ1) is 8.63. The number of carbonyl (C=O) groups is 1. The van der Waals surface area contributed by atoms with Crippen molar-refractivity contribution in [1.29, 1.82) is 0 Å². The Morgan fingerprint density at radius 1 is 1.33 bits per heavy atom. The molecule has 1 aromatic rings. The number of halogens is 1. The van der Waals surface area contributed by atoms with Crippen molar-refractivity contribution in [3.8, 4) is 0 Å². The fourth-order valence-electron chi connectivity index (χ4n) is 1.37. The highest BCUT2D eigenvalue weighted by atomic mass is 79.9. The molecule has 18 heavy (non-hydrogen) atoms. The van der Waals surface area contributed by atoms with Crippen LogP contribution in [-0.2, 0) is 15.6 Å². The summed E-state index contributed by atoms with van der Waals surface area (Å²) in [5.74, 6) is 0.464. The fourth-order valence-corrected chi connectivity index (χ4v) is 2.71. The Morgan fingerprint density at radius 3 is 2.61 bits per heavy atom. The van der Waals surface area contributed by atoms with E-state index in [9.17, 15) is 9.00 Å². The standard InChI is InChI=1S/C12H17BrN2O2S/c13-10-3-5-11(6-4-10)18(17)9-1-2-12(16)15-8-7-14/h3-6H,1-2,7-9,14H2,(H,15,16). The first-order valence-corrected chi connectivity index (χ1v) is 7.85. The second-order valence-electron chi connectivity index (χ2n) is 3.75. The molecule has 1 amide bonds. The van der Waals surface area contributed by atoms with Gasteiger partial charge in [-0.05, 0) is 30.7 Å². The summed E-state index contributed by atoms with van der Waals surface area (Å²) in [5.41, 5.74) is 5.27.